The van der Waals surface area contributed by atoms with Gasteiger partial charge in [-0.1, -0.05) is 11.6 Å². The number of piperidine rings is 1. The molecule has 1 aromatic rings. The van der Waals surface area contributed by atoms with Crippen LogP contribution in [0.25, 0.3) is 0 Å². The number of halogens is 1. The number of piperazine rings is 1. The zero-order valence-corrected chi connectivity index (χ0v) is 18.7. The van der Waals surface area contributed by atoms with Crippen molar-refractivity contribution in [1.29, 1.82) is 0 Å². The molecule has 0 saturated carbocycles. The number of nitrogens with zero attached hydrogens (tertiary/aromatic N) is 3. The number of hydrogen-bond donors (Lipinski definition) is 0. The first-order chi connectivity index (χ1) is 14.2. The number of carbonyl (C=O) groups excluding carboxylic acids is 3. The van der Waals surface area contributed by atoms with Crippen LogP contribution in [-0.2, 0) is 9.53 Å². The first-order valence-corrected chi connectivity index (χ1v) is 10.9. The fourth-order valence-electron chi connectivity index (χ4n) is 3.84. The summed E-state index contributed by atoms with van der Waals surface area (Å²) in [4.78, 5) is 43.5. The summed E-state index contributed by atoms with van der Waals surface area (Å²) in [5, 5.41) is 0.587. The first-order valence-electron chi connectivity index (χ1n) is 10.5. The van der Waals surface area contributed by atoms with E-state index >= 15 is 0 Å². The molecule has 8 heteroatoms. The molecule has 0 aromatic heterocycles. The quantitative estimate of drug-likeness (QED) is 0.713. The largest absolute Gasteiger partial charge is 0.444 e. The number of benzene rings is 1. The summed E-state index contributed by atoms with van der Waals surface area (Å²) in [6.45, 7) is 7.83. The highest BCUT2D eigenvalue weighted by atomic mass is 35.5. The molecule has 7 nitrogen and oxygen atoms in total. The van der Waals surface area contributed by atoms with E-state index in [2.05, 4.69) is 0 Å². The van der Waals surface area contributed by atoms with Crippen molar-refractivity contribution in [3.8, 4) is 0 Å². The molecule has 2 aliphatic rings. The van der Waals surface area contributed by atoms with E-state index in [1.807, 2.05) is 20.8 Å². The molecule has 2 heterocycles. The van der Waals surface area contributed by atoms with E-state index in [1.54, 1.807) is 39.0 Å². The van der Waals surface area contributed by atoms with Crippen molar-refractivity contribution < 1.29 is 19.1 Å². The molecule has 164 valence electrons. The Morgan fingerprint density at radius 1 is 0.933 bits per heavy atom. The molecule has 3 amide bonds. The van der Waals surface area contributed by atoms with Gasteiger partial charge in [-0.05, 0) is 64.3 Å². The van der Waals surface area contributed by atoms with Crippen LogP contribution >= 0.6 is 11.6 Å². The second kappa shape index (κ2) is 9.25. The van der Waals surface area contributed by atoms with Gasteiger partial charge in [-0.25, -0.2) is 4.79 Å². The Balaban J connectivity index is 1.60. The highest BCUT2D eigenvalue weighted by Crippen LogP contribution is 2.23. The molecule has 2 fully saturated rings. The van der Waals surface area contributed by atoms with Crippen LogP contribution in [0.1, 0.15) is 50.4 Å². The highest BCUT2D eigenvalue weighted by molar-refractivity contribution is 6.30. The Labute approximate surface area is 182 Å². The minimum absolute atomic E-state index is 0.0563. The van der Waals surface area contributed by atoms with Gasteiger partial charge in [0.05, 0.1) is 0 Å². The standard InChI is InChI=1S/C22H30ClN3O4/c1-22(2,3)30-21(29)26-11-5-4-6-18(26)20(28)25-14-12-24(13-15-25)19(27)16-7-9-17(23)10-8-16/h7-10,18H,4-6,11-15H2,1-3H3. The minimum Gasteiger partial charge on any atom is -0.444 e. The van der Waals surface area contributed by atoms with E-state index in [9.17, 15) is 14.4 Å². The van der Waals surface area contributed by atoms with Gasteiger partial charge in [0, 0.05) is 43.3 Å². The summed E-state index contributed by atoms with van der Waals surface area (Å²) in [6.07, 6.45) is 1.98. The average molecular weight is 436 g/mol. The van der Waals surface area contributed by atoms with Crippen molar-refractivity contribution in [2.24, 2.45) is 0 Å². The zero-order chi connectivity index (χ0) is 21.9. The summed E-state index contributed by atoms with van der Waals surface area (Å²) >= 11 is 5.89. The molecule has 3 rings (SSSR count). The summed E-state index contributed by atoms with van der Waals surface area (Å²) in [6, 6.07) is 6.32. The molecule has 1 aromatic carbocycles. The SMILES string of the molecule is CC(C)(C)OC(=O)N1CCCCC1C(=O)N1CCN(C(=O)c2ccc(Cl)cc2)CC1. The monoisotopic (exact) mass is 435 g/mol. The maximum absolute atomic E-state index is 13.2. The smallest absolute Gasteiger partial charge is 0.410 e. The molecule has 2 saturated heterocycles. The fraction of sp³-hybridized carbons (Fsp3) is 0.591. The van der Waals surface area contributed by atoms with Crippen LogP contribution in [0.3, 0.4) is 0 Å². The molecule has 2 aliphatic heterocycles. The number of rotatable bonds is 2. The third kappa shape index (κ3) is 5.45. The van der Waals surface area contributed by atoms with Gasteiger partial charge in [0.15, 0.2) is 0 Å². The molecule has 30 heavy (non-hydrogen) atoms. The normalized spacial score (nSPS) is 20.1. The zero-order valence-electron chi connectivity index (χ0n) is 17.9. The van der Waals surface area contributed by atoms with Gasteiger partial charge in [-0.2, -0.15) is 0 Å². The van der Waals surface area contributed by atoms with E-state index in [0.717, 1.165) is 12.8 Å². The lowest BCUT2D eigenvalue weighted by Gasteiger charge is -2.41. The van der Waals surface area contributed by atoms with Gasteiger partial charge in [-0.15, -0.1) is 0 Å². The summed E-state index contributed by atoms with van der Waals surface area (Å²) in [5.74, 6) is -0.119. The Hall–Kier alpha value is -2.28. The van der Waals surface area contributed by atoms with E-state index < -0.39 is 17.7 Å². The van der Waals surface area contributed by atoms with Gasteiger partial charge in [0.25, 0.3) is 5.91 Å². The van der Waals surface area contributed by atoms with E-state index in [-0.39, 0.29) is 11.8 Å². The van der Waals surface area contributed by atoms with Crippen molar-refractivity contribution in [2.75, 3.05) is 32.7 Å². The molecule has 1 unspecified atom stereocenters. The topological polar surface area (TPSA) is 70.2 Å². The lowest BCUT2D eigenvalue weighted by Crippen LogP contribution is -2.58. The lowest BCUT2D eigenvalue weighted by atomic mass is 10.0. The molecule has 0 spiro atoms. The number of amides is 3. The van der Waals surface area contributed by atoms with Crippen molar-refractivity contribution >= 4 is 29.5 Å². The van der Waals surface area contributed by atoms with Crippen LogP contribution in [0.2, 0.25) is 5.02 Å². The molecule has 0 bridgehead atoms. The van der Waals surface area contributed by atoms with E-state index in [1.165, 1.54) is 0 Å². The Morgan fingerprint density at radius 2 is 1.53 bits per heavy atom. The van der Waals surface area contributed by atoms with Gasteiger partial charge >= 0.3 is 6.09 Å². The van der Waals surface area contributed by atoms with Gasteiger partial charge in [0.1, 0.15) is 11.6 Å². The third-order valence-electron chi connectivity index (χ3n) is 5.39. The summed E-state index contributed by atoms with van der Waals surface area (Å²) < 4.78 is 5.50. The molecule has 0 N–H and O–H groups in total. The maximum Gasteiger partial charge on any atom is 0.410 e. The summed E-state index contributed by atoms with van der Waals surface area (Å²) in [5.41, 5.74) is -0.0157. The first kappa shape index (κ1) is 22.4. The predicted molar refractivity (Wildman–Crippen MR) is 115 cm³/mol. The lowest BCUT2D eigenvalue weighted by molar-refractivity contribution is -0.139. The van der Waals surface area contributed by atoms with Crippen LogP contribution in [0.5, 0.6) is 0 Å². The second-order valence-electron chi connectivity index (χ2n) is 8.81. The van der Waals surface area contributed by atoms with Gasteiger partial charge < -0.3 is 14.5 Å². The molecular formula is C22H30ClN3O4. The average Bonchev–Trinajstić information content (AvgIpc) is 2.72. The minimum atomic E-state index is -0.601. The van der Waals surface area contributed by atoms with Gasteiger partial charge in [0.2, 0.25) is 5.91 Å². The Bertz CT molecular complexity index is 783. The predicted octanol–water partition coefficient (Wildman–Crippen LogP) is 3.41. The van der Waals surface area contributed by atoms with Crippen molar-refractivity contribution in [3.63, 3.8) is 0 Å². The fourth-order valence-corrected chi connectivity index (χ4v) is 3.97. The van der Waals surface area contributed by atoms with Crippen LogP contribution < -0.4 is 0 Å². The van der Waals surface area contributed by atoms with Crippen molar-refractivity contribution in [2.45, 2.75) is 51.7 Å². The van der Waals surface area contributed by atoms with Crippen molar-refractivity contribution in [1.82, 2.24) is 14.7 Å². The number of hydrogen-bond acceptors (Lipinski definition) is 4. The molecule has 1 atom stereocenters. The number of carbonyl (C=O) groups is 3. The van der Waals surface area contributed by atoms with Gasteiger partial charge in [-0.3, -0.25) is 14.5 Å². The highest BCUT2D eigenvalue weighted by Gasteiger charge is 2.38. The molecular weight excluding hydrogens is 406 g/mol. The number of likely N-dealkylation sites (tertiary alicyclic amines) is 1. The maximum atomic E-state index is 13.2. The molecule has 0 radical (unpaired) electrons. The van der Waals surface area contributed by atoms with Crippen LogP contribution in [0.15, 0.2) is 24.3 Å². The van der Waals surface area contributed by atoms with E-state index in [4.69, 9.17) is 16.3 Å². The Morgan fingerprint density at radius 3 is 2.13 bits per heavy atom. The van der Waals surface area contributed by atoms with E-state index in [0.29, 0.717) is 49.7 Å². The summed E-state index contributed by atoms with van der Waals surface area (Å²) in [7, 11) is 0. The van der Waals surface area contributed by atoms with Crippen LogP contribution in [0, 0.1) is 0 Å². The van der Waals surface area contributed by atoms with Crippen LogP contribution in [0.4, 0.5) is 4.79 Å². The third-order valence-corrected chi connectivity index (χ3v) is 5.64. The number of ether oxygens (including phenoxy) is 1. The Kier molecular flexibility index (Phi) is 6.91. The molecule has 0 aliphatic carbocycles. The van der Waals surface area contributed by atoms with Crippen molar-refractivity contribution in [3.05, 3.63) is 34.9 Å². The van der Waals surface area contributed by atoms with Crippen LogP contribution in [-0.4, -0.2) is 77.0 Å². The second-order valence-corrected chi connectivity index (χ2v) is 9.25.